The second kappa shape index (κ2) is 14.6. The molecule has 0 radical (unpaired) electrons. The fourth-order valence-corrected chi connectivity index (χ4v) is 3.86. The van der Waals surface area contributed by atoms with E-state index in [0.29, 0.717) is 25.8 Å². The Hall–Kier alpha value is -0.0231. The van der Waals surface area contributed by atoms with Gasteiger partial charge in [-0.2, -0.15) is 0 Å². The Bertz CT molecular complexity index is 234. The van der Waals surface area contributed by atoms with Crippen LogP contribution in [0.25, 0.3) is 0 Å². The lowest BCUT2D eigenvalue weighted by molar-refractivity contribution is 0.0352. The standard InChI is InChI=1S/C15H35NO5Si/c1-5-6-7-8-10-16-13-15(17)14-21-11-9-12-22(18-2,19-3)20-4/h15-17H,5-14H2,1-4H3. The van der Waals surface area contributed by atoms with Gasteiger partial charge >= 0.3 is 8.80 Å². The van der Waals surface area contributed by atoms with E-state index in [4.69, 9.17) is 18.0 Å². The molecule has 0 aromatic heterocycles. The van der Waals surface area contributed by atoms with Crippen LogP contribution in [0, 0.1) is 0 Å². The van der Waals surface area contributed by atoms with Crippen LogP contribution in [-0.2, 0) is 18.0 Å². The van der Waals surface area contributed by atoms with E-state index in [1.165, 1.54) is 25.7 Å². The van der Waals surface area contributed by atoms with E-state index in [-0.39, 0.29) is 0 Å². The molecule has 6 nitrogen and oxygen atoms in total. The highest BCUT2D eigenvalue weighted by Crippen LogP contribution is 2.14. The van der Waals surface area contributed by atoms with Crippen molar-refractivity contribution in [2.24, 2.45) is 0 Å². The second-order valence-corrected chi connectivity index (χ2v) is 8.48. The first kappa shape index (κ1) is 22.0. The maximum atomic E-state index is 9.80. The predicted molar refractivity (Wildman–Crippen MR) is 90.0 cm³/mol. The quantitative estimate of drug-likeness (QED) is 0.331. The van der Waals surface area contributed by atoms with Gasteiger partial charge in [0, 0.05) is 40.5 Å². The van der Waals surface area contributed by atoms with Crippen molar-refractivity contribution >= 4 is 8.80 Å². The number of hydrogen-bond donors (Lipinski definition) is 2. The maximum absolute atomic E-state index is 9.80. The predicted octanol–water partition coefficient (Wildman–Crippen LogP) is 1.80. The molecule has 0 aromatic rings. The van der Waals surface area contributed by atoms with E-state index in [0.717, 1.165) is 13.0 Å². The van der Waals surface area contributed by atoms with Crippen molar-refractivity contribution in [2.75, 3.05) is 47.6 Å². The summed E-state index contributed by atoms with van der Waals surface area (Å²) in [5.74, 6) is 0. The zero-order chi connectivity index (χ0) is 16.7. The summed E-state index contributed by atoms with van der Waals surface area (Å²) in [7, 11) is 2.33. The van der Waals surface area contributed by atoms with Crippen molar-refractivity contribution in [3.63, 3.8) is 0 Å². The summed E-state index contributed by atoms with van der Waals surface area (Å²) < 4.78 is 21.5. The molecule has 0 heterocycles. The summed E-state index contributed by atoms with van der Waals surface area (Å²) >= 11 is 0. The number of hydrogen-bond acceptors (Lipinski definition) is 6. The van der Waals surface area contributed by atoms with Crippen LogP contribution < -0.4 is 5.32 Å². The summed E-state index contributed by atoms with van der Waals surface area (Å²) in [6.45, 7) is 4.66. The lowest BCUT2D eigenvalue weighted by Gasteiger charge is -2.24. The summed E-state index contributed by atoms with van der Waals surface area (Å²) in [6.07, 6.45) is 5.27. The molecule has 0 saturated heterocycles. The monoisotopic (exact) mass is 337 g/mol. The van der Waals surface area contributed by atoms with Gasteiger partial charge in [0.25, 0.3) is 0 Å². The highest BCUT2D eigenvalue weighted by atomic mass is 28.4. The van der Waals surface area contributed by atoms with Gasteiger partial charge in [-0.1, -0.05) is 26.2 Å². The third-order valence-corrected chi connectivity index (χ3v) is 6.43. The number of aliphatic hydroxyl groups is 1. The van der Waals surface area contributed by atoms with Crippen molar-refractivity contribution in [3.05, 3.63) is 0 Å². The molecule has 134 valence electrons. The highest BCUT2D eigenvalue weighted by Gasteiger charge is 2.36. The van der Waals surface area contributed by atoms with E-state index in [1.54, 1.807) is 21.3 Å². The van der Waals surface area contributed by atoms with Crippen LogP contribution in [0.15, 0.2) is 0 Å². The SMILES string of the molecule is CCCCCCNCC(O)COCCC[Si](OC)(OC)OC. The Balaban J connectivity index is 3.50. The summed E-state index contributed by atoms with van der Waals surface area (Å²) in [5.41, 5.74) is 0. The van der Waals surface area contributed by atoms with Crippen molar-refractivity contribution in [1.82, 2.24) is 5.32 Å². The summed E-state index contributed by atoms with van der Waals surface area (Å²) in [5, 5.41) is 13.1. The maximum Gasteiger partial charge on any atom is 0.500 e. The first-order valence-corrected chi connectivity index (χ1v) is 10.2. The van der Waals surface area contributed by atoms with Gasteiger partial charge in [0.2, 0.25) is 0 Å². The van der Waals surface area contributed by atoms with Crippen molar-refractivity contribution in [3.8, 4) is 0 Å². The summed E-state index contributed by atoms with van der Waals surface area (Å²) in [4.78, 5) is 0. The van der Waals surface area contributed by atoms with Gasteiger partial charge in [0.05, 0.1) is 12.7 Å². The Labute approximate surface area is 136 Å². The molecule has 0 amide bonds. The van der Waals surface area contributed by atoms with Crippen LogP contribution >= 0.6 is 0 Å². The molecular weight excluding hydrogens is 302 g/mol. The smallest absolute Gasteiger partial charge is 0.389 e. The Morgan fingerprint density at radius 1 is 1.00 bits per heavy atom. The molecule has 0 bridgehead atoms. The topological polar surface area (TPSA) is 69.2 Å². The lowest BCUT2D eigenvalue weighted by Crippen LogP contribution is -2.42. The van der Waals surface area contributed by atoms with Crippen LogP contribution in [-0.4, -0.2) is 67.6 Å². The molecule has 0 aliphatic rings. The molecule has 0 spiro atoms. The van der Waals surface area contributed by atoms with E-state index in [2.05, 4.69) is 12.2 Å². The van der Waals surface area contributed by atoms with Gasteiger partial charge < -0.3 is 28.4 Å². The molecule has 0 fully saturated rings. The molecular formula is C15H35NO5Si. The van der Waals surface area contributed by atoms with Crippen LogP contribution in [0.3, 0.4) is 0 Å². The largest absolute Gasteiger partial charge is 0.500 e. The Morgan fingerprint density at radius 2 is 1.68 bits per heavy atom. The Kier molecular flexibility index (Phi) is 14.5. The van der Waals surface area contributed by atoms with Gasteiger partial charge in [0.15, 0.2) is 0 Å². The van der Waals surface area contributed by atoms with Crippen molar-refractivity contribution in [2.45, 2.75) is 51.2 Å². The number of nitrogens with one attached hydrogen (secondary N) is 1. The van der Waals surface area contributed by atoms with E-state index in [9.17, 15) is 5.11 Å². The number of unbranched alkanes of at least 4 members (excludes halogenated alkanes) is 3. The van der Waals surface area contributed by atoms with E-state index in [1.807, 2.05) is 0 Å². The molecule has 7 heteroatoms. The lowest BCUT2D eigenvalue weighted by atomic mass is 10.2. The second-order valence-electron chi connectivity index (χ2n) is 5.39. The van der Waals surface area contributed by atoms with E-state index < -0.39 is 14.9 Å². The molecule has 0 aliphatic carbocycles. The average molecular weight is 338 g/mol. The molecule has 0 aliphatic heterocycles. The minimum absolute atomic E-state index is 0.351. The minimum Gasteiger partial charge on any atom is -0.389 e. The number of rotatable bonds is 16. The van der Waals surface area contributed by atoms with Crippen LogP contribution in [0.4, 0.5) is 0 Å². The average Bonchev–Trinajstić information content (AvgIpc) is 2.55. The minimum atomic E-state index is -2.49. The van der Waals surface area contributed by atoms with E-state index >= 15 is 0 Å². The zero-order valence-corrected chi connectivity index (χ0v) is 15.7. The first-order valence-electron chi connectivity index (χ1n) is 8.26. The first-order chi connectivity index (χ1) is 10.6. The molecule has 0 rings (SSSR count). The summed E-state index contributed by atoms with van der Waals surface area (Å²) in [6, 6.07) is 0.711. The van der Waals surface area contributed by atoms with Crippen LogP contribution in [0.5, 0.6) is 0 Å². The molecule has 1 atom stereocenters. The number of ether oxygens (including phenoxy) is 1. The fraction of sp³-hybridized carbons (Fsp3) is 1.00. The number of aliphatic hydroxyl groups excluding tert-OH is 1. The normalized spacial score (nSPS) is 13.5. The van der Waals surface area contributed by atoms with Gasteiger partial charge in [-0.25, -0.2) is 0 Å². The molecule has 1 unspecified atom stereocenters. The molecule has 2 N–H and O–H groups in total. The van der Waals surface area contributed by atoms with Gasteiger partial charge in [0.1, 0.15) is 0 Å². The van der Waals surface area contributed by atoms with Crippen molar-refractivity contribution < 1.29 is 23.1 Å². The molecule has 0 saturated carbocycles. The van der Waals surface area contributed by atoms with Crippen molar-refractivity contribution in [1.29, 1.82) is 0 Å². The van der Waals surface area contributed by atoms with Gasteiger partial charge in [-0.05, 0) is 19.4 Å². The molecule has 0 aromatic carbocycles. The fourth-order valence-electron chi connectivity index (χ4n) is 2.17. The van der Waals surface area contributed by atoms with Crippen LogP contribution in [0.2, 0.25) is 6.04 Å². The molecule has 22 heavy (non-hydrogen) atoms. The van der Waals surface area contributed by atoms with Crippen LogP contribution in [0.1, 0.15) is 39.0 Å². The third kappa shape index (κ3) is 10.7. The van der Waals surface area contributed by atoms with Gasteiger partial charge in [-0.15, -0.1) is 0 Å². The van der Waals surface area contributed by atoms with Gasteiger partial charge in [-0.3, -0.25) is 0 Å². The highest BCUT2D eigenvalue weighted by molar-refractivity contribution is 6.60. The Morgan fingerprint density at radius 3 is 2.27 bits per heavy atom. The zero-order valence-electron chi connectivity index (χ0n) is 14.7. The third-order valence-electron chi connectivity index (χ3n) is 3.60.